The summed E-state index contributed by atoms with van der Waals surface area (Å²) in [6, 6.07) is 2.00. The molecule has 0 radical (unpaired) electrons. The predicted octanol–water partition coefficient (Wildman–Crippen LogP) is 3.14. The van der Waals surface area contributed by atoms with E-state index in [0.717, 1.165) is 25.0 Å². The molecule has 3 nitrogen and oxygen atoms in total. The Bertz CT molecular complexity index is 410. The van der Waals surface area contributed by atoms with Crippen molar-refractivity contribution in [2.45, 2.75) is 52.4 Å². The minimum Gasteiger partial charge on any atom is -0.299 e. The van der Waals surface area contributed by atoms with Crippen molar-refractivity contribution >= 4 is 5.78 Å². The molecule has 0 bridgehead atoms. The highest BCUT2D eigenvalue weighted by Crippen LogP contribution is 2.38. The Morgan fingerprint density at radius 3 is 2.67 bits per heavy atom. The number of hydrogen-bond donors (Lipinski definition) is 0. The lowest BCUT2D eigenvalue weighted by Gasteiger charge is -2.33. The lowest BCUT2D eigenvalue weighted by Crippen LogP contribution is -2.26. The van der Waals surface area contributed by atoms with Gasteiger partial charge < -0.3 is 0 Å². The van der Waals surface area contributed by atoms with E-state index >= 15 is 0 Å². The summed E-state index contributed by atoms with van der Waals surface area (Å²) in [5.74, 6) is 0.762. The Kier molecular flexibility index (Phi) is 3.88. The molecule has 2 rings (SSSR count). The highest BCUT2D eigenvalue weighted by Gasteiger charge is 2.30. The van der Waals surface area contributed by atoms with Crippen molar-refractivity contribution in [3.63, 3.8) is 0 Å². The number of hydrogen-bond acceptors (Lipinski definition) is 2. The molecule has 0 N–H and O–H groups in total. The highest BCUT2D eigenvalue weighted by atomic mass is 16.1. The van der Waals surface area contributed by atoms with Gasteiger partial charge in [-0.25, -0.2) is 0 Å². The maximum Gasteiger partial charge on any atom is 0.136 e. The van der Waals surface area contributed by atoms with E-state index < -0.39 is 0 Å². The van der Waals surface area contributed by atoms with Crippen LogP contribution in [0.5, 0.6) is 0 Å². The zero-order chi connectivity index (χ0) is 13.2. The van der Waals surface area contributed by atoms with Gasteiger partial charge in [0.2, 0.25) is 0 Å². The Morgan fingerprint density at radius 2 is 2.11 bits per heavy atom. The van der Waals surface area contributed by atoms with Crippen molar-refractivity contribution in [2.24, 2.45) is 18.4 Å². The minimum atomic E-state index is 0.311. The van der Waals surface area contributed by atoms with E-state index in [4.69, 9.17) is 0 Å². The second kappa shape index (κ2) is 5.25. The van der Waals surface area contributed by atoms with E-state index in [-0.39, 0.29) is 0 Å². The molecule has 0 atom stereocenters. The first-order chi connectivity index (χ1) is 8.48. The average molecular weight is 248 g/mol. The molecule has 0 spiro atoms. The maximum atomic E-state index is 12.2. The fraction of sp³-hybridized carbons (Fsp3) is 0.733. The van der Waals surface area contributed by atoms with Gasteiger partial charge in [0.25, 0.3) is 0 Å². The Labute approximate surface area is 110 Å². The molecule has 3 heteroatoms. The summed E-state index contributed by atoms with van der Waals surface area (Å²) >= 11 is 0. The number of carbonyl (C=O) groups is 1. The van der Waals surface area contributed by atoms with E-state index in [0.29, 0.717) is 23.5 Å². The average Bonchev–Trinajstić information content (AvgIpc) is 2.72. The van der Waals surface area contributed by atoms with Gasteiger partial charge in [0.1, 0.15) is 5.78 Å². The molecule has 1 aromatic heterocycles. The van der Waals surface area contributed by atoms with Crippen molar-refractivity contribution in [3.8, 4) is 0 Å². The molecule has 0 aliphatic heterocycles. The number of nitrogens with zero attached hydrogens (tertiary/aromatic N) is 2. The van der Waals surface area contributed by atoms with Crippen LogP contribution in [0, 0.1) is 11.3 Å². The summed E-state index contributed by atoms with van der Waals surface area (Å²) in [4.78, 5) is 12.2. The van der Waals surface area contributed by atoms with Crippen LogP contribution < -0.4 is 0 Å². The first kappa shape index (κ1) is 13.3. The molecule has 0 amide bonds. The van der Waals surface area contributed by atoms with Crippen LogP contribution in [-0.4, -0.2) is 15.6 Å². The van der Waals surface area contributed by atoms with Crippen LogP contribution >= 0.6 is 0 Å². The van der Waals surface area contributed by atoms with Crippen molar-refractivity contribution in [1.29, 1.82) is 0 Å². The zero-order valence-corrected chi connectivity index (χ0v) is 11.8. The monoisotopic (exact) mass is 248 g/mol. The molecule has 1 saturated carbocycles. The molecular weight excluding hydrogens is 224 g/mol. The molecule has 1 fully saturated rings. The Balaban J connectivity index is 1.81. The topological polar surface area (TPSA) is 34.9 Å². The van der Waals surface area contributed by atoms with Crippen molar-refractivity contribution in [1.82, 2.24) is 9.78 Å². The van der Waals surface area contributed by atoms with Crippen molar-refractivity contribution < 1.29 is 4.79 Å². The van der Waals surface area contributed by atoms with E-state index in [1.807, 2.05) is 17.8 Å². The number of Topliss-reactive ketones (excluding diaryl/α,β-unsaturated/α-hetero) is 1. The van der Waals surface area contributed by atoms with Gasteiger partial charge in [-0.2, -0.15) is 5.10 Å². The number of carbonyl (C=O) groups excluding carboxylic acids is 1. The number of aromatic nitrogens is 2. The van der Waals surface area contributed by atoms with E-state index in [1.165, 1.54) is 12.8 Å². The summed E-state index contributed by atoms with van der Waals surface area (Å²) < 4.78 is 1.86. The van der Waals surface area contributed by atoms with Crippen LogP contribution in [0.3, 0.4) is 0 Å². The third-order valence-electron chi connectivity index (χ3n) is 4.34. The first-order valence-corrected chi connectivity index (χ1v) is 6.97. The Morgan fingerprint density at radius 1 is 1.44 bits per heavy atom. The fourth-order valence-electron chi connectivity index (χ4n) is 2.82. The van der Waals surface area contributed by atoms with Crippen LogP contribution in [0.25, 0.3) is 0 Å². The van der Waals surface area contributed by atoms with Gasteiger partial charge in [-0.1, -0.05) is 13.8 Å². The summed E-state index contributed by atoms with van der Waals surface area (Å²) in [5, 5.41) is 4.13. The smallest absolute Gasteiger partial charge is 0.136 e. The third-order valence-corrected chi connectivity index (χ3v) is 4.34. The number of rotatable bonds is 4. The normalized spacial score (nSPS) is 19.9. The molecular formula is C15H24N2O. The zero-order valence-electron chi connectivity index (χ0n) is 11.8. The van der Waals surface area contributed by atoms with Gasteiger partial charge in [-0.05, 0) is 43.6 Å². The van der Waals surface area contributed by atoms with Crippen LogP contribution in [0.1, 0.15) is 51.6 Å². The van der Waals surface area contributed by atoms with Crippen LogP contribution in [0.15, 0.2) is 12.3 Å². The van der Waals surface area contributed by atoms with Gasteiger partial charge in [0, 0.05) is 31.3 Å². The van der Waals surface area contributed by atoms with Gasteiger partial charge in [-0.3, -0.25) is 9.48 Å². The molecule has 0 saturated heterocycles. The number of ketones is 1. The van der Waals surface area contributed by atoms with Crippen molar-refractivity contribution in [3.05, 3.63) is 18.0 Å². The van der Waals surface area contributed by atoms with Crippen LogP contribution in [-0.2, 0) is 18.3 Å². The highest BCUT2D eigenvalue weighted by molar-refractivity contribution is 5.81. The quantitative estimate of drug-likeness (QED) is 0.820. The molecule has 18 heavy (non-hydrogen) atoms. The van der Waals surface area contributed by atoms with Crippen LogP contribution in [0.2, 0.25) is 0 Å². The third kappa shape index (κ3) is 3.21. The lowest BCUT2D eigenvalue weighted by atomic mass is 9.71. The molecule has 0 unspecified atom stereocenters. The van der Waals surface area contributed by atoms with Crippen molar-refractivity contribution in [2.75, 3.05) is 0 Å². The standard InChI is InChI=1S/C15H24N2O/c1-15(2)9-6-12(7-10-15)14(18)5-4-13-8-11-16-17(13)3/h8,11-12H,4-7,9-10H2,1-3H3. The summed E-state index contributed by atoms with van der Waals surface area (Å²) in [6.45, 7) is 4.62. The minimum absolute atomic E-state index is 0.311. The predicted molar refractivity (Wildman–Crippen MR) is 72.3 cm³/mol. The van der Waals surface area contributed by atoms with E-state index in [2.05, 4.69) is 18.9 Å². The second-order valence-electron chi connectivity index (χ2n) is 6.35. The maximum absolute atomic E-state index is 12.2. The summed E-state index contributed by atoms with van der Waals surface area (Å²) in [5.41, 5.74) is 1.60. The molecule has 1 heterocycles. The largest absolute Gasteiger partial charge is 0.299 e. The van der Waals surface area contributed by atoms with Crippen LogP contribution in [0.4, 0.5) is 0 Å². The fourth-order valence-corrected chi connectivity index (χ4v) is 2.82. The number of aryl methyl sites for hydroxylation is 2. The molecule has 1 aliphatic rings. The molecule has 1 aliphatic carbocycles. The molecule has 100 valence electrons. The van der Waals surface area contributed by atoms with Gasteiger partial charge in [0.15, 0.2) is 0 Å². The lowest BCUT2D eigenvalue weighted by molar-refractivity contribution is -0.124. The van der Waals surface area contributed by atoms with Gasteiger partial charge in [-0.15, -0.1) is 0 Å². The Hall–Kier alpha value is -1.12. The van der Waals surface area contributed by atoms with E-state index in [9.17, 15) is 4.79 Å². The summed E-state index contributed by atoms with van der Waals surface area (Å²) in [7, 11) is 1.93. The first-order valence-electron chi connectivity index (χ1n) is 6.97. The SMILES string of the molecule is Cn1nccc1CCC(=O)C1CCC(C)(C)CC1. The second-order valence-corrected chi connectivity index (χ2v) is 6.35. The van der Waals surface area contributed by atoms with Gasteiger partial charge >= 0.3 is 0 Å². The van der Waals surface area contributed by atoms with Gasteiger partial charge in [0.05, 0.1) is 0 Å². The van der Waals surface area contributed by atoms with E-state index in [1.54, 1.807) is 6.20 Å². The summed E-state index contributed by atoms with van der Waals surface area (Å²) in [6.07, 6.45) is 7.83. The molecule has 1 aromatic rings. The molecule has 0 aromatic carbocycles.